The van der Waals surface area contributed by atoms with E-state index in [1.54, 1.807) is 12.1 Å². The molecule has 0 aliphatic carbocycles. The van der Waals surface area contributed by atoms with Gasteiger partial charge in [0.15, 0.2) is 12.4 Å². The summed E-state index contributed by atoms with van der Waals surface area (Å²) in [6.45, 7) is -0.442. The van der Waals surface area contributed by atoms with E-state index >= 15 is 0 Å². The van der Waals surface area contributed by atoms with Crippen LogP contribution in [0.5, 0.6) is 5.75 Å². The van der Waals surface area contributed by atoms with E-state index in [1.807, 2.05) is 0 Å². The van der Waals surface area contributed by atoms with Gasteiger partial charge in [0.25, 0.3) is 5.69 Å². The van der Waals surface area contributed by atoms with Crippen molar-refractivity contribution in [3.63, 3.8) is 0 Å². The molecule has 7 nitrogen and oxygen atoms in total. The van der Waals surface area contributed by atoms with Crippen molar-refractivity contribution in [1.29, 1.82) is 0 Å². The summed E-state index contributed by atoms with van der Waals surface area (Å²) in [5.41, 5.74) is 0.414. The lowest BCUT2D eigenvalue weighted by Gasteiger charge is -2.05. The molecule has 0 aliphatic heterocycles. The number of ketones is 1. The zero-order valence-corrected chi connectivity index (χ0v) is 12.2. The first kappa shape index (κ1) is 16.2. The van der Waals surface area contributed by atoms with E-state index in [1.165, 1.54) is 43.5 Å². The highest BCUT2D eigenvalue weighted by Crippen LogP contribution is 2.14. The Labute approximate surface area is 131 Å². The first-order chi connectivity index (χ1) is 11.0. The average Bonchev–Trinajstić information content (AvgIpc) is 2.59. The SMILES string of the molecule is COc1ccc(C(=O)OCC(=O)c2ccc([N+](=O)[O-])cc2)cc1. The minimum Gasteiger partial charge on any atom is -0.497 e. The van der Waals surface area contributed by atoms with Gasteiger partial charge in [-0.1, -0.05) is 0 Å². The lowest BCUT2D eigenvalue weighted by Crippen LogP contribution is -2.14. The van der Waals surface area contributed by atoms with Crippen LogP contribution in [0.25, 0.3) is 0 Å². The topological polar surface area (TPSA) is 95.7 Å². The fourth-order valence-electron chi connectivity index (χ4n) is 1.79. The second-order valence-electron chi connectivity index (χ2n) is 4.53. The Balaban J connectivity index is 1.94. The summed E-state index contributed by atoms with van der Waals surface area (Å²) in [6, 6.07) is 11.3. The summed E-state index contributed by atoms with van der Waals surface area (Å²) in [4.78, 5) is 33.7. The summed E-state index contributed by atoms with van der Waals surface area (Å²) in [5, 5.41) is 10.5. The standard InChI is InChI=1S/C16H13NO6/c1-22-14-8-4-12(5-9-14)16(19)23-10-15(18)11-2-6-13(7-3-11)17(20)21/h2-9H,10H2,1H3. The molecule has 0 heterocycles. The number of Topliss-reactive ketones (excluding diaryl/α,β-unsaturated/α-hetero) is 1. The van der Waals surface area contributed by atoms with E-state index < -0.39 is 23.3 Å². The maximum Gasteiger partial charge on any atom is 0.338 e. The normalized spacial score (nSPS) is 9.96. The molecule has 0 saturated carbocycles. The van der Waals surface area contributed by atoms with Crippen LogP contribution in [0.15, 0.2) is 48.5 Å². The van der Waals surface area contributed by atoms with E-state index in [4.69, 9.17) is 9.47 Å². The number of hydrogen-bond donors (Lipinski definition) is 0. The number of carbonyl (C=O) groups is 2. The number of nitrogens with zero attached hydrogens (tertiary/aromatic N) is 1. The number of benzene rings is 2. The number of ether oxygens (including phenoxy) is 2. The van der Waals surface area contributed by atoms with Crippen molar-refractivity contribution < 1.29 is 24.0 Å². The van der Waals surface area contributed by atoms with Gasteiger partial charge < -0.3 is 9.47 Å². The molecule has 0 unspecified atom stereocenters. The predicted octanol–water partition coefficient (Wildman–Crippen LogP) is 2.64. The second kappa shape index (κ2) is 7.17. The minimum absolute atomic E-state index is 0.114. The summed E-state index contributed by atoms with van der Waals surface area (Å²) in [7, 11) is 1.51. The first-order valence-corrected chi connectivity index (χ1v) is 6.60. The molecule has 0 aliphatic rings. The van der Waals surface area contributed by atoms with E-state index in [0.29, 0.717) is 11.3 Å². The van der Waals surface area contributed by atoms with Crippen molar-refractivity contribution in [3.8, 4) is 5.75 Å². The number of methoxy groups -OCH3 is 1. The average molecular weight is 315 g/mol. The Kier molecular flexibility index (Phi) is 5.03. The number of carbonyl (C=O) groups excluding carboxylic acids is 2. The zero-order chi connectivity index (χ0) is 16.8. The van der Waals surface area contributed by atoms with Gasteiger partial charge in [0.1, 0.15) is 5.75 Å². The van der Waals surface area contributed by atoms with Crippen molar-refractivity contribution in [2.24, 2.45) is 0 Å². The van der Waals surface area contributed by atoms with Gasteiger partial charge in [-0.3, -0.25) is 14.9 Å². The number of non-ortho nitro benzene ring substituents is 1. The molecule has 0 saturated heterocycles. The lowest BCUT2D eigenvalue weighted by molar-refractivity contribution is -0.384. The van der Waals surface area contributed by atoms with Crippen molar-refractivity contribution in [3.05, 3.63) is 69.8 Å². The Morgan fingerprint density at radius 1 is 1.00 bits per heavy atom. The van der Waals surface area contributed by atoms with Crippen LogP contribution >= 0.6 is 0 Å². The Bertz CT molecular complexity index is 721. The molecule has 0 aromatic heterocycles. The summed E-state index contributed by atoms with van der Waals surface area (Å²) >= 11 is 0. The molecule has 2 aromatic rings. The van der Waals surface area contributed by atoms with Gasteiger partial charge in [-0.15, -0.1) is 0 Å². The van der Waals surface area contributed by atoms with E-state index in [9.17, 15) is 19.7 Å². The molecule has 0 radical (unpaired) electrons. The van der Waals surface area contributed by atoms with E-state index in [2.05, 4.69) is 0 Å². The number of nitro groups is 1. The quantitative estimate of drug-likeness (QED) is 0.352. The Hall–Kier alpha value is -3.22. The molecule has 0 bridgehead atoms. The first-order valence-electron chi connectivity index (χ1n) is 6.60. The summed E-state index contributed by atoms with van der Waals surface area (Å²) in [6.07, 6.45) is 0. The van der Waals surface area contributed by atoms with Crippen molar-refractivity contribution in [2.45, 2.75) is 0 Å². The fraction of sp³-hybridized carbons (Fsp3) is 0.125. The van der Waals surface area contributed by atoms with Gasteiger partial charge in [-0.05, 0) is 36.4 Å². The predicted molar refractivity (Wildman–Crippen MR) is 80.7 cm³/mol. The van der Waals surface area contributed by atoms with Crippen LogP contribution in [-0.2, 0) is 4.74 Å². The minimum atomic E-state index is -0.636. The maximum absolute atomic E-state index is 11.9. The van der Waals surface area contributed by atoms with E-state index in [0.717, 1.165) is 0 Å². The molecule has 0 atom stereocenters. The van der Waals surface area contributed by atoms with Gasteiger partial charge in [-0.2, -0.15) is 0 Å². The Morgan fingerprint density at radius 3 is 2.09 bits per heavy atom. The molecule has 2 aromatic carbocycles. The Morgan fingerprint density at radius 2 is 1.57 bits per heavy atom. The van der Waals surface area contributed by atoms with Gasteiger partial charge in [0, 0.05) is 17.7 Å². The lowest BCUT2D eigenvalue weighted by atomic mass is 10.1. The molecule has 2 rings (SSSR count). The number of nitro benzene ring substituents is 1. The van der Waals surface area contributed by atoms with Crippen molar-refractivity contribution in [2.75, 3.05) is 13.7 Å². The highest BCUT2D eigenvalue weighted by Gasteiger charge is 2.13. The van der Waals surface area contributed by atoms with Crippen LogP contribution in [0.3, 0.4) is 0 Å². The second-order valence-corrected chi connectivity index (χ2v) is 4.53. The molecule has 7 heteroatoms. The van der Waals surface area contributed by atoms with Crippen molar-refractivity contribution in [1.82, 2.24) is 0 Å². The fourth-order valence-corrected chi connectivity index (χ4v) is 1.79. The van der Waals surface area contributed by atoms with Crippen LogP contribution < -0.4 is 4.74 Å². The molecule has 23 heavy (non-hydrogen) atoms. The highest BCUT2D eigenvalue weighted by atomic mass is 16.6. The van der Waals surface area contributed by atoms with Gasteiger partial charge in [0.2, 0.25) is 0 Å². The third-order valence-corrected chi connectivity index (χ3v) is 3.06. The van der Waals surface area contributed by atoms with E-state index in [-0.39, 0.29) is 11.3 Å². The molecular formula is C16H13NO6. The summed E-state index contributed by atoms with van der Waals surface area (Å²) in [5.74, 6) is -0.479. The van der Waals surface area contributed by atoms with Gasteiger partial charge >= 0.3 is 5.97 Å². The highest BCUT2D eigenvalue weighted by molar-refractivity contribution is 5.99. The van der Waals surface area contributed by atoms with Crippen LogP contribution in [0.1, 0.15) is 20.7 Å². The van der Waals surface area contributed by atoms with Crippen LogP contribution in [-0.4, -0.2) is 30.4 Å². The molecular weight excluding hydrogens is 302 g/mol. The maximum atomic E-state index is 11.9. The molecule has 0 fully saturated rings. The molecule has 0 N–H and O–H groups in total. The van der Waals surface area contributed by atoms with Crippen molar-refractivity contribution >= 4 is 17.4 Å². The largest absolute Gasteiger partial charge is 0.497 e. The third-order valence-electron chi connectivity index (χ3n) is 3.06. The zero-order valence-electron chi connectivity index (χ0n) is 12.2. The smallest absolute Gasteiger partial charge is 0.338 e. The molecule has 0 spiro atoms. The number of esters is 1. The van der Waals surface area contributed by atoms with Crippen LogP contribution in [0, 0.1) is 10.1 Å². The number of hydrogen-bond acceptors (Lipinski definition) is 6. The third kappa shape index (κ3) is 4.13. The monoisotopic (exact) mass is 315 g/mol. The van der Waals surface area contributed by atoms with Crippen LogP contribution in [0.4, 0.5) is 5.69 Å². The molecule has 118 valence electrons. The summed E-state index contributed by atoms with van der Waals surface area (Å²) < 4.78 is 9.91. The number of rotatable bonds is 6. The van der Waals surface area contributed by atoms with Gasteiger partial charge in [0.05, 0.1) is 17.6 Å². The molecule has 0 amide bonds. The van der Waals surface area contributed by atoms with Crippen LogP contribution in [0.2, 0.25) is 0 Å². The van der Waals surface area contributed by atoms with Gasteiger partial charge in [-0.25, -0.2) is 4.79 Å².